The molecule has 32 heavy (non-hydrogen) atoms. The average molecular weight is 435 g/mol. The molecule has 6 nitrogen and oxygen atoms in total. The van der Waals surface area contributed by atoms with Gasteiger partial charge in [0.1, 0.15) is 5.82 Å². The number of ketones is 1. The summed E-state index contributed by atoms with van der Waals surface area (Å²) in [5.41, 5.74) is 5.02. The van der Waals surface area contributed by atoms with E-state index < -0.39 is 5.97 Å². The fraction of sp³-hybridized carbons (Fsp3) is 0.320. The minimum Gasteiger partial charge on any atom is -0.453 e. The standard InChI is InChI=1S/C25H26FN3O3/c1-4-13-28-16(2)14-21(17(28)3)23(30)15-32-25(31)24-20-7-5-6-8-22(20)29(27-24)19-11-9-18(26)10-12-19/h4,9-12,14H,1,5-8,13,15H2,2-3H3. The van der Waals surface area contributed by atoms with Gasteiger partial charge in [0.2, 0.25) is 5.78 Å². The minimum atomic E-state index is -0.614. The Bertz CT molecular complexity index is 1190. The molecule has 0 unspecified atom stereocenters. The van der Waals surface area contributed by atoms with E-state index in [0.29, 0.717) is 17.8 Å². The lowest BCUT2D eigenvalue weighted by atomic mass is 9.95. The smallest absolute Gasteiger partial charge is 0.359 e. The van der Waals surface area contributed by atoms with E-state index in [0.717, 1.165) is 48.3 Å². The van der Waals surface area contributed by atoms with Gasteiger partial charge in [0, 0.05) is 34.8 Å². The molecule has 0 N–H and O–H groups in total. The van der Waals surface area contributed by atoms with Gasteiger partial charge >= 0.3 is 5.97 Å². The second-order valence-electron chi connectivity index (χ2n) is 8.05. The number of fused-ring (bicyclic) bond motifs is 1. The number of hydrogen-bond acceptors (Lipinski definition) is 4. The molecule has 1 aromatic carbocycles. The zero-order valence-corrected chi connectivity index (χ0v) is 18.4. The number of hydrogen-bond donors (Lipinski definition) is 0. The van der Waals surface area contributed by atoms with Crippen LogP contribution in [0.25, 0.3) is 5.69 Å². The lowest BCUT2D eigenvalue weighted by molar-refractivity contribution is 0.0467. The molecule has 0 bridgehead atoms. The summed E-state index contributed by atoms with van der Waals surface area (Å²) in [5, 5.41) is 4.50. The van der Waals surface area contributed by atoms with Crippen LogP contribution in [-0.4, -0.2) is 32.7 Å². The molecule has 0 aliphatic heterocycles. The summed E-state index contributed by atoms with van der Waals surface area (Å²) in [4.78, 5) is 25.6. The first-order valence-electron chi connectivity index (χ1n) is 10.8. The largest absolute Gasteiger partial charge is 0.453 e. The van der Waals surface area contributed by atoms with Gasteiger partial charge in [0.25, 0.3) is 0 Å². The third-order valence-corrected chi connectivity index (χ3v) is 5.96. The van der Waals surface area contributed by atoms with Crippen LogP contribution in [0.5, 0.6) is 0 Å². The fourth-order valence-corrected chi connectivity index (χ4v) is 4.33. The van der Waals surface area contributed by atoms with E-state index in [1.54, 1.807) is 29.0 Å². The Morgan fingerprint density at radius 3 is 2.62 bits per heavy atom. The molecule has 2 aromatic heterocycles. The number of carbonyl (C=O) groups excluding carboxylic acids is 2. The van der Waals surface area contributed by atoms with Crippen LogP contribution in [0.2, 0.25) is 0 Å². The van der Waals surface area contributed by atoms with Gasteiger partial charge in [-0.3, -0.25) is 4.79 Å². The van der Waals surface area contributed by atoms with Crippen molar-refractivity contribution in [1.29, 1.82) is 0 Å². The summed E-state index contributed by atoms with van der Waals surface area (Å²) in [6.45, 7) is 7.79. The molecule has 4 rings (SSSR count). The van der Waals surface area contributed by atoms with Gasteiger partial charge in [0.05, 0.1) is 5.69 Å². The molecule has 166 valence electrons. The molecular formula is C25H26FN3O3. The Kier molecular flexibility index (Phi) is 6.08. The number of allylic oxidation sites excluding steroid dienone is 1. The summed E-state index contributed by atoms with van der Waals surface area (Å²) in [5.74, 6) is -1.20. The maximum Gasteiger partial charge on any atom is 0.359 e. The molecule has 0 amide bonds. The van der Waals surface area contributed by atoms with Crippen LogP contribution in [0.15, 0.2) is 43.0 Å². The van der Waals surface area contributed by atoms with Crippen molar-refractivity contribution < 1.29 is 18.7 Å². The number of benzene rings is 1. The van der Waals surface area contributed by atoms with E-state index in [2.05, 4.69) is 11.7 Å². The van der Waals surface area contributed by atoms with Gasteiger partial charge in [0.15, 0.2) is 12.3 Å². The molecule has 7 heteroatoms. The first-order chi connectivity index (χ1) is 15.4. The Labute approximate surface area is 186 Å². The number of nitrogens with zero attached hydrogens (tertiary/aromatic N) is 3. The predicted molar refractivity (Wildman–Crippen MR) is 119 cm³/mol. The lowest BCUT2D eigenvalue weighted by Crippen LogP contribution is -2.17. The van der Waals surface area contributed by atoms with Crippen LogP contribution in [0.1, 0.15) is 56.3 Å². The zero-order chi connectivity index (χ0) is 22.8. The van der Waals surface area contributed by atoms with Crippen LogP contribution < -0.4 is 0 Å². The van der Waals surface area contributed by atoms with Crippen molar-refractivity contribution in [2.24, 2.45) is 0 Å². The molecule has 2 heterocycles. The van der Waals surface area contributed by atoms with Crippen molar-refractivity contribution in [3.8, 4) is 5.69 Å². The van der Waals surface area contributed by atoms with Crippen LogP contribution in [0.4, 0.5) is 4.39 Å². The first kappa shape index (κ1) is 21.7. The average Bonchev–Trinajstić information content (AvgIpc) is 3.31. The molecule has 0 atom stereocenters. The third kappa shape index (κ3) is 4.02. The highest BCUT2D eigenvalue weighted by atomic mass is 19.1. The van der Waals surface area contributed by atoms with E-state index in [4.69, 9.17) is 4.74 Å². The summed E-state index contributed by atoms with van der Waals surface area (Å²) in [6.07, 6.45) is 5.22. The molecule has 0 fully saturated rings. The number of esters is 1. The number of aryl methyl sites for hydroxylation is 1. The van der Waals surface area contributed by atoms with Crippen molar-refractivity contribution in [1.82, 2.24) is 14.3 Å². The number of halogens is 1. The minimum absolute atomic E-state index is 0.231. The van der Waals surface area contributed by atoms with Crippen LogP contribution in [0.3, 0.4) is 0 Å². The van der Waals surface area contributed by atoms with Crippen molar-refractivity contribution >= 4 is 11.8 Å². The van der Waals surface area contributed by atoms with E-state index in [9.17, 15) is 14.0 Å². The zero-order valence-electron chi connectivity index (χ0n) is 18.4. The number of carbonyl (C=O) groups is 2. The number of rotatable bonds is 7. The molecule has 0 radical (unpaired) electrons. The molecule has 0 spiro atoms. The Morgan fingerprint density at radius 2 is 1.91 bits per heavy atom. The van der Waals surface area contributed by atoms with Crippen LogP contribution >= 0.6 is 0 Å². The van der Waals surface area contributed by atoms with Crippen molar-refractivity contribution in [2.75, 3.05) is 6.61 Å². The second kappa shape index (κ2) is 8.94. The molecule has 3 aromatic rings. The predicted octanol–water partition coefficient (Wildman–Crippen LogP) is 4.53. The Balaban J connectivity index is 1.55. The second-order valence-corrected chi connectivity index (χ2v) is 8.05. The van der Waals surface area contributed by atoms with E-state index >= 15 is 0 Å². The van der Waals surface area contributed by atoms with Crippen molar-refractivity contribution in [2.45, 2.75) is 46.1 Å². The highest BCUT2D eigenvalue weighted by Gasteiger charge is 2.27. The molecule has 0 saturated carbocycles. The molecule has 0 saturated heterocycles. The summed E-state index contributed by atoms with van der Waals surface area (Å²) < 4.78 is 22.4. The van der Waals surface area contributed by atoms with E-state index in [1.165, 1.54) is 12.1 Å². The molecule has 1 aliphatic carbocycles. The molecule has 1 aliphatic rings. The SMILES string of the molecule is C=CCn1c(C)cc(C(=O)COC(=O)c2nn(-c3ccc(F)cc3)c3c2CCCC3)c1C. The van der Waals surface area contributed by atoms with Gasteiger partial charge in [-0.1, -0.05) is 6.08 Å². The van der Waals surface area contributed by atoms with Crippen molar-refractivity contribution in [3.63, 3.8) is 0 Å². The maximum absolute atomic E-state index is 13.3. The third-order valence-electron chi connectivity index (χ3n) is 5.96. The number of ether oxygens (including phenoxy) is 1. The summed E-state index contributed by atoms with van der Waals surface area (Å²) >= 11 is 0. The quantitative estimate of drug-likeness (QED) is 0.311. The van der Waals surface area contributed by atoms with Crippen LogP contribution in [0, 0.1) is 19.7 Å². The highest BCUT2D eigenvalue weighted by Crippen LogP contribution is 2.27. The first-order valence-corrected chi connectivity index (χ1v) is 10.8. The van der Waals surface area contributed by atoms with Crippen LogP contribution in [-0.2, 0) is 24.1 Å². The molecular weight excluding hydrogens is 409 g/mol. The Morgan fingerprint density at radius 1 is 1.19 bits per heavy atom. The van der Waals surface area contributed by atoms with E-state index in [1.807, 2.05) is 18.4 Å². The topological polar surface area (TPSA) is 66.1 Å². The number of Topliss-reactive ketones (excluding diaryl/α,β-unsaturated/α-hetero) is 1. The van der Waals surface area contributed by atoms with E-state index in [-0.39, 0.29) is 23.9 Å². The van der Waals surface area contributed by atoms with Gasteiger partial charge in [-0.2, -0.15) is 5.10 Å². The van der Waals surface area contributed by atoms with Gasteiger partial charge in [-0.25, -0.2) is 13.9 Å². The summed E-state index contributed by atoms with van der Waals surface area (Å²) in [6, 6.07) is 7.81. The Hall–Kier alpha value is -3.48. The lowest BCUT2D eigenvalue weighted by Gasteiger charge is -2.14. The number of aromatic nitrogens is 3. The summed E-state index contributed by atoms with van der Waals surface area (Å²) in [7, 11) is 0. The van der Waals surface area contributed by atoms with Gasteiger partial charge < -0.3 is 9.30 Å². The van der Waals surface area contributed by atoms with Gasteiger partial charge in [-0.15, -0.1) is 6.58 Å². The maximum atomic E-state index is 13.3. The fourth-order valence-electron chi connectivity index (χ4n) is 4.33. The van der Waals surface area contributed by atoms with Gasteiger partial charge in [-0.05, 0) is 69.9 Å². The monoisotopic (exact) mass is 435 g/mol. The highest BCUT2D eigenvalue weighted by molar-refractivity contribution is 6.00. The van der Waals surface area contributed by atoms with Crippen molar-refractivity contribution in [3.05, 3.63) is 82.7 Å². The normalized spacial score (nSPS) is 13.0.